The molecule has 0 saturated carbocycles. The van der Waals surface area contributed by atoms with Crippen LogP contribution in [0.1, 0.15) is 9.75 Å². The second kappa shape index (κ2) is 4.58. The third-order valence-corrected chi connectivity index (χ3v) is 9.13. The summed E-state index contributed by atoms with van der Waals surface area (Å²) in [5, 5.41) is 5.65. The van der Waals surface area contributed by atoms with Gasteiger partial charge in [-0.3, -0.25) is 0 Å². The van der Waals surface area contributed by atoms with Gasteiger partial charge in [-0.05, 0) is 61.0 Å². The van der Waals surface area contributed by atoms with Crippen LogP contribution in [-0.4, -0.2) is 0 Å². The lowest BCUT2D eigenvalue weighted by Gasteiger charge is -1.93. The molecule has 6 rings (SSSR count). The Balaban J connectivity index is 1.79. The third-order valence-electron chi connectivity index (χ3n) is 4.60. The number of hydrogen-bond donors (Lipinski definition) is 0. The van der Waals surface area contributed by atoms with E-state index in [1.165, 1.54) is 59.5 Å². The minimum absolute atomic E-state index is 1.39. The maximum atomic E-state index is 2.41. The van der Waals surface area contributed by atoms with Crippen molar-refractivity contribution in [3.63, 3.8) is 0 Å². The molecule has 0 spiro atoms. The Hall–Kier alpha value is -1.46. The zero-order valence-electron chi connectivity index (χ0n) is 13.1. The highest BCUT2D eigenvalue weighted by atomic mass is 32.1. The lowest BCUT2D eigenvalue weighted by molar-refractivity contribution is 1.66. The van der Waals surface area contributed by atoms with Gasteiger partial charge < -0.3 is 0 Å². The highest BCUT2D eigenvalue weighted by Crippen LogP contribution is 2.47. The van der Waals surface area contributed by atoms with E-state index in [0.29, 0.717) is 0 Å². The van der Waals surface area contributed by atoms with Crippen molar-refractivity contribution in [2.75, 3.05) is 0 Å². The van der Waals surface area contributed by atoms with E-state index in [2.05, 4.69) is 50.2 Å². The molecule has 116 valence electrons. The van der Waals surface area contributed by atoms with Crippen molar-refractivity contribution < 1.29 is 0 Å². The highest BCUT2D eigenvalue weighted by Gasteiger charge is 2.14. The topological polar surface area (TPSA) is 0 Å². The van der Waals surface area contributed by atoms with Crippen molar-refractivity contribution >= 4 is 95.1 Å². The van der Waals surface area contributed by atoms with Crippen molar-refractivity contribution in [2.45, 2.75) is 13.8 Å². The summed E-state index contributed by atoms with van der Waals surface area (Å²) in [6.45, 7) is 4.39. The Labute approximate surface area is 154 Å². The zero-order chi connectivity index (χ0) is 16.0. The third kappa shape index (κ3) is 1.77. The van der Waals surface area contributed by atoms with E-state index in [1.807, 2.05) is 45.3 Å². The number of hydrogen-bond acceptors (Lipinski definition) is 4. The van der Waals surface area contributed by atoms with E-state index in [0.717, 1.165) is 0 Å². The van der Waals surface area contributed by atoms with Crippen LogP contribution >= 0.6 is 45.3 Å². The van der Waals surface area contributed by atoms with Crippen LogP contribution in [0.15, 0.2) is 36.4 Å². The van der Waals surface area contributed by atoms with Gasteiger partial charge >= 0.3 is 0 Å². The molecular weight excluding hydrogens is 368 g/mol. The molecule has 24 heavy (non-hydrogen) atoms. The van der Waals surface area contributed by atoms with Gasteiger partial charge in [-0.15, -0.1) is 45.3 Å². The summed E-state index contributed by atoms with van der Waals surface area (Å²) >= 11 is 7.72. The van der Waals surface area contributed by atoms with Crippen LogP contribution in [-0.2, 0) is 0 Å². The molecule has 0 aliphatic heterocycles. The first kappa shape index (κ1) is 13.8. The van der Waals surface area contributed by atoms with Crippen molar-refractivity contribution in [3.05, 3.63) is 46.2 Å². The van der Waals surface area contributed by atoms with E-state index in [1.54, 1.807) is 0 Å². The van der Waals surface area contributed by atoms with Crippen LogP contribution in [0.3, 0.4) is 0 Å². The molecule has 0 nitrogen and oxygen atoms in total. The second-order valence-electron chi connectivity index (χ2n) is 6.35. The van der Waals surface area contributed by atoms with Crippen LogP contribution < -0.4 is 0 Å². The van der Waals surface area contributed by atoms with Gasteiger partial charge in [0.1, 0.15) is 0 Å². The molecule has 0 unspecified atom stereocenters. The maximum Gasteiger partial charge on any atom is 0.0542 e. The van der Waals surface area contributed by atoms with Crippen LogP contribution in [0.5, 0.6) is 0 Å². The fourth-order valence-corrected chi connectivity index (χ4v) is 8.17. The maximum absolute atomic E-state index is 2.41. The average Bonchev–Trinajstić information content (AvgIpc) is 3.23. The van der Waals surface area contributed by atoms with Crippen molar-refractivity contribution in [1.29, 1.82) is 0 Å². The monoisotopic (exact) mass is 380 g/mol. The summed E-state index contributed by atoms with van der Waals surface area (Å²) in [5.74, 6) is 0. The second-order valence-corrected chi connectivity index (χ2v) is 11.0. The van der Waals surface area contributed by atoms with E-state index < -0.39 is 0 Å². The number of thiophene rings is 4. The van der Waals surface area contributed by atoms with Gasteiger partial charge in [-0.1, -0.05) is 0 Å². The molecule has 0 bridgehead atoms. The van der Waals surface area contributed by atoms with E-state index in [4.69, 9.17) is 0 Å². The van der Waals surface area contributed by atoms with E-state index >= 15 is 0 Å². The fraction of sp³-hybridized carbons (Fsp3) is 0.100. The molecule has 2 aromatic carbocycles. The summed E-state index contributed by atoms with van der Waals surface area (Å²) in [5.41, 5.74) is 0. The highest BCUT2D eigenvalue weighted by molar-refractivity contribution is 7.36. The minimum Gasteiger partial charge on any atom is -0.141 e. The van der Waals surface area contributed by atoms with Crippen molar-refractivity contribution in [3.8, 4) is 0 Å². The van der Waals surface area contributed by atoms with Gasteiger partial charge in [0, 0.05) is 39.3 Å². The molecule has 0 amide bonds. The Morgan fingerprint density at radius 2 is 0.958 bits per heavy atom. The molecule has 0 aliphatic rings. The Morgan fingerprint density at radius 3 is 1.42 bits per heavy atom. The predicted octanol–water partition coefficient (Wildman–Crippen LogP) is 8.32. The first-order valence-electron chi connectivity index (χ1n) is 7.85. The molecule has 0 atom stereocenters. The van der Waals surface area contributed by atoms with E-state index in [9.17, 15) is 0 Å². The molecule has 4 heteroatoms. The molecule has 0 saturated heterocycles. The van der Waals surface area contributed by atoms with Crippen LogP contribution in [0, 0.1) is 13.8 Å². The summed E-state index contributed by atoms with van der Waals surface area (Å²) in [6, 6.07) is 14.2. The fourth-order valence-electron chi connectivity index (χ4n) is 3.59. The first-order valence-corrected chi connectivity index (χ1v) is 11.1. The van der Waals surface area contributed by atoms with E-state index in [-0.39, 0.29) is 0 Å². The SMILES string of the molecule is Cc1cc2cc3sc4c5cc6sc(C)cc6cc5sc4c3cc2s1. The minimum atomic E-state index is 1.39. The Kier molecular flexibility index (Phi) is 2.63. The molecule has 4 heterocycles. The smallest absolute Gasteiger partial charge is 0.0542 e. The molecule has 0 fully saturated rings. The number of rotatable bonds is 0. The summed E-state index contributed by atoms with van der Waals surface area (Å²) in [6.07, 6.45) is 0. The van der Waals surface area contributed by atoms with Gasteiger partial charge in [-0.2, -0.15) is 0 Å². The largest absolute Gasteiger partial charge is 0.141 e. The number of aryl methyl sites for hydroxylation is 2. The Bertz CT molecular complexity index is 1310. The summed E-state index contributed by atoms with van der Waals surface area (Å²) in [4.78, 5) is 2.79. The zero-order valence-corrected chi connectivity index (χ0v) is 16.4. The summed E-state index contributed by atoms with van der Waals surface area (Å²) in [7, 11) is 0. The molecular formula is C20H12S4. The average molecular weight is 381 g/mol. The normalized spacial score (nSPS) is 12.6. The van der Waals surface area contributed by atoms with Gasteiger partial charge in [0.15, 0.2) is 0 Å². The van der Waals surface area contributed by atoms with Gasteiger partial charge in [-0.25, -0.2) is 0 Å². The predicted molar refractivity (Wildman–Crippen MR) is 115 cm³/mol. The Morgan fingerprint density at radius 1 is 0.500 bits per heavy atom. The van der Waals surface area contributed by atoms with Crippen LogP contribution in [0.2, 0.25) is 0 Å². The lowest BCUT2D eigenvalue weighted by atomic mass is 10.2. The molecule has 0 radical (unpaired) electrons. The standard InChI is InChI=1S/C20H12S4/c1-9-3-11-5-17-13(7-15(11)21-9)19-20(23-17)14-8-16-12(4-10(2)22-16)6-18(14)24-19/h3-8H,1-2H3. The molecule has 0 aliphatic carbocycles. The van der Waals surface area contributed by atoms with Crippen molar-refractivity contribution in [2.24, 2.45) is 0 Å². The summed E-state index contributed by atoms with van der Waals surface area (Å²) < 4.78 is 8.60. The van der Waals surface area contributed by atoms with Gasteiger partial charge in [0.25, 0.3) is 0 Å². The number of benzene rings is 2. The molecule has 6 aromatic rings. The quantitative estimate of drug-likeness (QED) is 0.248. The molecule has 0 N–H and O–H groups in total. The first-order chi connectivity index (χ1) is 11.7. The van der Waals surface area contributed by atoms with Crippen molar-refractivity contribution in [1.82, 2.24) is 0 Å². The van der Waals surface area contributed by atoms with Gasteiger partial charge in [0.2, 0.25) is 0 Å². The van der Waals surface area contributed by atoms with Crippen LogP contribution in [0.25, 0.3) is 49.7 Å². The van der Waals surface area contributed by atoms with Crippen LogP contribution in [0.4, 0.5) is 0 Å². The lowest BCUT2D eigenvalue weighted by Crippen LogP contribution is -1.64. The molecule has 4 aromatic heterocycles. The van der Waals surface area contributed by atoms with Gasteiger partial charge in [0.05, 0.1) is 9.40 Å². The number of fused-ring (bicyclic) bond motifs is 7.